The van der Waals surface area contributed by atoms with Gasteiger partial charge in [-0.05, 0) is 38.5 Å². The van der Waals surface area contributed by atoms with E-state index < -0.39 is 23.7 Å². The van der Waals surface area contributed by atoms with E-state index in [4.69, 9.17) is 25.8 Å². The number of esters is 1. The molecule has 0 saturated heterocycles. The molecule has 0 aliphatic rings. The third kappa shape index (κ3) is 7.55. The fraction of sp³-hybridized carbons (Fsp3) is 0.529. The summed E-state index contributed by atoms with van der Waals surface area (Å²) >= 11 is 5.57. The van der Waals surface area contributed by atoms with Crippen LogP contribution >= 0.6 is 11.6 Å². The number of hydrogen-bond donors (Lipinski definition) is 1. The molecule has 0 aliphatic carbocycles. The Bertz CT molecular complexity index is 539. The van der Waals surface area contributed by atoms with E-state index in [9.17, 15) is 9.59 Å². The summed E-state index contributed by atoms with van der Waals surface area (Å²) in [5.41, 5.74) is 0.200. The first kappa shape index (κ1) is 20.1. The molecule has 24 heavy (non-hydrogen) atoms. The molecule has 0 unspecified atom stereocenters. The molecule has 134 valence electrons. The molecule has 0 aliphatic heterocycles. The van der Waals surface area contributed by atoms with Crippen LogP contribution in [0.5, 0.6) is 5.75 Å². The van der Waals surface area contributed by atoms with Gasteiger partial charge in [-0.25, -0.2) is 9.59 Å². The number of hydrogen-bond acceptors (Lipinski definition) is 5. The number of amides is 1. The Morgan fingerprint density at radius 2 is 1.83 bits per heavy atom. The molecule has 1 atom stereocenters. The number of methoxy groups -OCH3 is 1. The third-order valence-electron chi connectivity index (χ3n) is 2.89. The molecule has 0 saturated carbocycles. The number of alkyl carbamates (subject to hydrolysis) is 1. The maximum Gasteiger partial charge on any atom is 0.408 e. The predicted molar refractivity (Wildman–Crippen MR) is 91.5 cm³/mol. The van der Waals surface area contributed by atoms with Crippen molar-refractivity contribution in [2.75, 3.05) is 19.6 Å². The van der Waals surface area contributed by atoms with Gasteiger partial charge in [-0.2, -0.15) is 0 Å². The van der Waals surface area contributed by atoms with Gasteiger partial charge in [0.15, 0.2) is 0 Å². The summed E-state index contributed by atoms with van der Waals surface area (Å²) in [6, 6.07) is 6.36. The van der Waals surface area contributed by atoms with Gasteiger partial charge in [0.05, 0.1) is 13.0 Å². The van der Waals surface area contributed by atoms with Crippen LogP contribution in [0, 0.1) is 0 Å². The van der Waals surface area contributed by atoms with E-state index in [0.29, 0.717) is 18.2 Å². The largest absolute Gasteiger partial charge is 0.492 e. The van der Waals surface area contributed by atoms with Crippen LogP contribution in [0.15, 0.2) is 24.3 Å². The van der Waals surface area contributed by atoms with Gasteiger partial charge in [-0.15, -0.1) is 11.6 Å². The van der Waals surface area contributed by atoms with Crippen LogP contribution in [0.25, 0.3) is 0 Å². The van der Waals surface area contributed by atoms with Gasteiger partial charge in [0.2, 0.25) is 0 Å². The van der Waals surface area contributed by atoms with Crippen LogP contribution in [-0.4, -0.2) is 43.3 Å². The Kier molecular flexibility index (Phi) is 7.85. The first-order valence-corrected chi connectivity index (χ1v) is 8.13. The third-order valence-corrected chi connectivity index (χ3v) is 3.04. The minimum atomic E-state index is -0.834. The average Bonchev–Trinajstić information content (AvgIpc) is 2.51. The number of alkyl halides is 1. The molecule has 1 amide bonds. The lowest BCUT2D eigenvalue weighted by Crippen LogP contribution is -2.45. The normalized spacial score (nSPS) is 12.2. The fourth-order valence-electron chi connectivity index (χ4n) is 1.90. The second kappa shape index (κ2) is 9.37. The highest BCUT2D eigenvalue weighted by Gasteiger charge is 2.25. The SMILES string of the molecule is COC(=O)[C@H](Cc1ccc(OCCCl)cc1)NC(=O)OC(C)(C)C. The van der Waals surface area contributed by atoms with E-state index in [-0.39, 0.29) is 6.42 Å². The van der Waals surface area contributed by atoms with E-state index in [1.54, 1.807) is 32.9 Å². The molecular weight excluding hydrogens is 334 g/mol. The summed E-state index contributed by atoms with van der Waals surface area (Å²) < 4.78 is 15.3. The number of carbonyl (C=O) groups is 2. The zero-order chi connectivity index (χ0) is 18.2. The van der Waals surface area contributed by atoms with Crippen molar-refractivity contribution in [1.82, 2.24) is 5.32 Å². The highest BCUT2D eigenvalue weighted by Crippen LogP contribution is 2.14. The van der Waals surface area contributed by atoms with Crippen molar-refractivity contribution in [3.63, 3.8) is 0 Å². The standard InChI is InChI=1S/C17H24ClNO5/c1-17(2,3)24-16(21)19-14(15(20)22-4)11-12-5-7-13(8-6-12)23-10-9-18/h5-8,14H,9-11H2,1-4H3,(H,19,21)/t14-/m0/s1. The smallest absolute Gasteiger partial charge is 0.408 e. The number of ether oxygens (including phenoxy) is 3. The van der Waals surface area contributed by atoms with E-state index in [2.05, 4.69) is 5.32 Å². The molecule has 0 radical (unpaired) electrons. The number of benzene rings is 1. The number of carbonyl (C=O) groups excluding carboxylic acids is 2. The lowest BCUT2D eigenvalue weighted by atomic mass is 10.1. The summed E-state index contributed by atoms with van der Waals surface area (Å²) in [6.45, 7) is 5.67. The highest BCUT2D eigenvalue weighted by molar-refractivity contribution is 6.18. The minimum absolute atomic E-state index is 0.279. The molecule has 6 nitrogen and oxygen atoms in total. The fourth-order valence-corrected chi connectivity index (χ4v) is 1.98. The summed E-state index contributed by atoms with van der Waals surface area (Å²) in [6.07, 6.45) is -0.387. The van der Waals surface area contributed by atoms with Gasteiger partial charge in [-0.1, -0.05) is 12.1 Å². The summed E-state index contributed by atoms with van der Waals surface area (Å²) in [5.74, 6) is 0.559. The summed E-state index contributed by atoms with van der Waals surface area (Å²) in [7, 11) is 1.27. The number of halogens is 1. The van der Waals surface area contributed by atoms with E-state index in [0.717, 1.165) is 5.56 Å². The van der Waals surface area contributed by atoms with E-state index in [1.165, 1.54) is 7.11 Å². The molecule has 0 aromatic heterocycles. The van der Waals surface area contributed by atoms with Crippen molar-refractivity contribution in [2.45, 2.75) is 38.8 Å². The molecule has 1 aromatic rings. The monoisotopic (exact) mass is 357 g/mol. The van der Waals surface area contributed by atoms with Gasteiger partial charge >= 0.3 is 12.1 Å². The molecule has 1 N–H and O–H groups in total. The van der Waals surface area contributed by atoms with Crippen molar-refractivity contribution < 1.29 is 23.8 Å². The van der Waals surface area contributed by atoms with E-state index in [1.807, 2.05) is 12.1 Å². The molecule has 0 fully saturated rings. The van der Waals surface area contributed by atoms with Gasteiger partial charge in [0.1, 0.15) is 24.0 Å². The first-order chi connectivity index (χ1) is 11.2. The Hall–Kier alpha value is -1.95. The van der Waals surface area contributed by atoms with Crippen LogP contribution in [0.2, 0.25) is 0 Å². The van der Waals surface area contributed by atoms with Gasteiger partial charge in [0, 0.05) is 6.42 Å². The quantitative estimate of drug-likeness (QED) is 0.600. The number of nitrogens with one attached hydrogen (secondary N) is 1. The summed E-state index contributed by atoms with van der Waals surface area (Å²) in [4.78, 5) is 23.8. The molecular formula is C17H24ClNO5. The Labute approximate surface area is 147 Å². The van der Waals surface area contributed by atoms with Crippen molar-refractivity contribution in [1.29, 1.82) is 0 Å². The Balaban J connectivity index is 2.72. The molecule has 0 bridgehead atoms. The summed E-state index contributed by atoms with van der Waals surface area (Å²) in [5, 5.41) is 2.54. The maximum absolute atomic E-state index is 11.9. The minimum Gasteiger partial charge on any atom is -0.492 e. The van der Waals surface area contributed by atoms with E-state index >= 15 is 0 Å². The van der Waals surface area contributed by atoms with Crippen LogP contribution in [0.4, 0.5) is 4.79 Å². The lowest BCUT2D eigenvalue weighted by Gasteiger charge is -2.22. The van der Waals surface area contributed by atoms with Crippen LogP contribution in [0.3, 0.4) is 0 Å². The molecule has 7 heteroatoms. The predicted octanol–water partition coefficient (Wildman–Crippen LogP) is 2.91. The van der Waals surface area contributed by atoms with Crippen LogP contribution in [0.1, 0.15) is 26.3 Å². The van der Waals surface area contributed by atoms with Crippen molar-refractivity contribution >= 4 is 23.7 Å². The lowest BCUT2D eigenvalue weighted by molar-refractivity contribution is -0.143. The average molecular weight is 358 g/mol. The number of rotatable bonds is 7. The topological polar surface area (TPSA) is 73.9 Å². The molecule has 1 aromatic carbocycles. The van der Waals surface area contributed by atoms with Gasteiger partial charge in [0.25, 0.3) is 0 Å². The second-order valence-electron chi connectivity index (χ2n) is 6.11. The molecule has 0 spiro atoms. The second-order valence-corrected chi connectivity index (χ2v) is 6.49. The van der Waals surface area contributed by atoms with Crippen molar-refractivity contribution in [3.8, 4) is 5.75 Å². The van der Waals surface area contributed by atoms with Crippen molar-refractivity contribution in [3.05, 3.63) is 29.8 Å². The zero-order valence-electron chi connectivity index (χ0n) is 14.4. The molecule has 0 heterocycles. The van der Waals surface area contributed by atoms with Crippen LogP contribution in [-0.2, 0) is 20.7 Å². The van der Waals surface area contributed by atoms with Crippen molar-refractivity contribution in [2.24, 2.45) is 0 Å². The van der Waals surface area contributed by atoms with Gasteiger partial charge in [-0.3, -0.25) is 0 Å². The molecule has 1 rings (SSSR count). The van der Waals surface area contributed by atoms with Crippen LogP contribution < -0.4 is 10.1 Å². The Morgan fingerprint density at radius 3 is 2.33 bits per heavy atom. The Morgan fingerprint density at radius 1 is 1.21 bits per heavy atom. The zero-order valence-corrected chi connectivity index (χ0v) is 15.2. The van der Waals surface area contributed by atoms with Gasteiger partial charge < -0.3 is 19.5 Å². The highest BCUT2D eigenvalue weighted by atomic mass is 35.5. The first-order valence-electron chi connectivity index (χ1n) is 7.60. The maximum atomic E-state index is 11.9.